The second-order valence-corrected chi connectivity index (χ2v) is 6.81. The van der Waals surface area contributed by atoms with Crippen molar-refractivity contribution in [1.82, 2.24) is 20.4 Å². The van der Waals surface area contributed by atoms with Gasteiger partial charge in [-0.3, -0.25) is 9.69 Å². The SMILES string of the molecule is CCc1ccccc1CN=C(NCCN1CCOCC1)NCC(=O)N(C)C. The molecule has 2 N–H and O–H groups in total. The largest absolute Gasteiger partial charge is 0.379 e. The van der Waals surface area contributed by atoms with Crippen molar-refractivity contribution < 1.29 is 9.53 Å². The van der Waals surface area contributed by atoms with E-state index in [1.54, 1.807) is 19.0 Å². The van der Waals surface area contributed by atoms with Crippen molar-refractivity contribution in [3.63, 3.8) is 0 Å². The molecule has 1 aromatic carbocycles. The molecule has 0 aromatic heterocycles. The first-order valence-corrected chi connectivity index (χ1v) is 9.69. The van der Waals surface area contributed by atoms with E-state index in [1.165, 1.54) is 11.1 Å². The van der Waals surface area contributed by atoms with Crippen LogP contribution in [0.15, 0.2) is 29.3 Å². The summed E-state index contributed by atoms with van der Waals surface area (Å²) in [5.74, 6) is 0.691. The summed E-state index contributed by atoms with van der Waals surface area (Å²) in [6, 6.07) is 8.35. The van der Waals surface area contributed by atoms with Crippen LogP contribution in [-0.4, -0.2) is 81.7 Å². The number of morpholine rings is 1. The van der Waals surface area contributed by atoms with Gasteiger partial charge in [-0.15, -0.1) is 0 Å². The number of guanidine groups is 1. The number of likely N-dealkylation sites (N-methyl/N-ethyl adjacent to an activating group) is 1. The number of hydrogen-bond acceptors (Lipinski definition) is 4. The quantitative estimate of drug-likeness (QED) is 0.517. The molecule has 0 aliphatic carbocycles. The molecule has 1 saturated heterocycles. The topological polar surface area (TPSA) is 69.2 Å². The van der Waals surface area contributed by atoms with E-state index in [2.05, 4.69) is 40.7 Å². The molecule has 7 nitrogen and oxygen atoms in total. The van der Waals surface area contributed by atoms with Crippen molar-refractivity contribution in [2.45, 2.75) is 19.9 Å². The second-order valence-electron chi connectivity index (χ2n) is 6.81. The average Bonchev–Trinajstić information content (AvgIpc) is 2.70. The number of carbonyl (C=O) groups excluding carboxylic acids is 1. The van der Waals surface area contributed by atoms with E-state index in [0.717, 1.165) is 45.8 Å². The van der Waals surface area contributed by atoms with E-state index in [4.69, 9.17) is 9.73 Å². The van der Waals surface area contributed by atoms with Gasteiger partial charge in [-0.2, -0.15) is 0 Å². The van der Waals surface area contributed by atoms with E-state index < -0.39 is 0 Å². The first-order valence-electron chi connectivity index (χ1n) is 9.69. The second kappa shape index (κ2) is 11.6. The number of nitrogens with one attached hydrogen (secondary N) is 2. The molecule has 1 fully saturated rings. The molecule has 1 amide bonds. The Kier molecular flexibility index (Phi) is 9.07. The van der Waals surface area contributed by atoms with Gasteiger partial charge in [0, 0.05) is 40.3 Å². The molecule has 1 aliphatic heterocycles. The summed E-state index contributed by atoms with van der Waals surface area (Å²) in [6.07, 6.45) is 0.984. The number of hydrogen-bond donors (Lipinski definition) is 2. The lowest BCUT2D eigenvalue weighted by atomic mass is 10.1. The summed E-state index contributed by atoms with van der Waals surface area (Å²) in [5, 5.41) is 6.51. The van der Waals surface area contributed by atoms with Gasteiger partial charge in [-0.05, 0) is 17.5 Å². The molecular formula is C20H33N5O2. The van der Waals surface area contributed by atoms with Gasteiger partial charge in [0.2, 0.25) is 5.91 Å². The van der Waals surface area contributed by atoms with Crippen LogP contribution in [0.5, 0.6) is 0 Å². The number of benzene rings is 1. The third-order valence-electron chi connectivity index (χ3n) is 4.64. The van der Waals surface area contributed by atoms with Crippen LogP contribution >= 0.6 is 0 Å². The minimum absolute atomic E-state index is 0.0200. The lowest BCUT2D eigenvalue weighted by Crippen LogP contribution is -2.46. The van der Waals surface area contributed by atoms with Crippen LogP contribution < -0.4 is 10.6 Å². The lowest BCUT2D eigenvalue weighted by molar-refractivity contribution is -0.127. The molecule has 150 valence electrons. The number of carbonyl (C=O) groups is 1. The summed E-state index contributed by atoms with van der Waals surface area (Å²) in [5.41, 5.74) is 2.52. The average molecular weight is 376 g/mol. The fourth-order valence-electron chi connectivity index (χ4n) is 2.87. The first kappa shape index (κ1) is 21.2. The summed E-state index contributed by atoms with van der Waals surface area (Å²) in [6.45, 7) is 8.19. The van der Waals surface area contributed by atoms with Crippen LogP contribution in [0.1, 0.15) is 18.1 Å². The molecule has 7 heteroatoms. The van der Waals surface area contributed by atoms with Crippen LogP contribution in [0, 0.1) is 0 Å². The van der Waals surface area contributed by atoms with E-state index in [1.807, 2.05) is 6.07 Å². The van der Waals surface area contributed by atoms with Crippen molar-refractivity contribution in [3.8, 4) is 0 Å². The Labute approximate surface area is 162 Å². The fourth-order valence-corrected chi connectivity index (χ4v) is 2.87. The third kappa shape index (κ3) is 7.56. The Morgan fingerprint density at radius 2 is 1.89 bits per heavy atom. The smallest absolute Gasteiger partial charge is 0.241 e. The van der Waals surface area contributed by atoms with Crippen LogP contribution in [0.3, 0.4) is 0 Å². The number of amides is 1. The molecule has 0 atom stereocenters. The molecule has 27 heavy (non-hydrogen) atoms. The lowest BCUT2D eigenvalue weighted by Gasteiger charge is -2.26. The zero-order valence-electron chi connectivity index (χ0n) is 16.8. The highest BCUT2D eigenvalue weighted by atomic mass is 16.5. The van der Waals surface area contributed by atoms with Crippen LogP contribution in [0.4, 0.5) is 0 Å². The molecule has 0 saturated carbocycles. The predicted octanol–water partition coefficient (Wildman–Crippen LogP) is 0.705. The maximum absolute atomic E-state index is 11.9. The molecular weight excluding hydrogens is 342 g/mol. The molecule has 0 radical (unpaired) electrons. The van der Waals surface area contributed by atoms with E-state index in [-0.39, 0.29) is 12.5 Å². The highest BCUT2D eigenvalue weighted by molar-refractivity contribution is 5.86. The molecule has 1 aliphatic rings. The van der Waals surface area contributed by atoms with Gasteiger partial charge in [0.05, 0.1) is 26.3 Å². The van der Waals surface area contributed by atoms with Gasteiger partial charge >= 0.3 is 0 Å². The minimum Gasteiger partial charge on any atom is -0.379 e. The Balaban J connectivity index is 1.93. The Bertz CT molecular complexity index is 612. The number of nitrogens with zero attached hydrogens (tertiary/aromatic N) is 3. The van der Waals surface area contributed by atoms with Crippen molar-refractivity contribution >= 4 is 11.9 Å². The van der Waals surface area contributed by atoms with Gasteiger partial charge in [0.15, 0.2) is 5.96 Å². The normalized spacial score (nSPS) is 15.4. The first-order chi connectivity index (χ1) is 13.1. The molecule has 2 rings (SSSR count). The van der Waals surface area contributed by atoms with Gasteiger partial charge < -0.3 is 20.3 Å². The minimum atomic E-state index is 0.0200. The number of aliphatic imine (C=N–C) groups is 1. The van der Waals surface area contributed by atoms with Gasteiger partial charge in [-0.1, -0.05) is 31.2 Å². The number of rotatable bonds is 8. The summed E-state index contributed by atoms with van der Waals surface area (Å²) in [4.78, 5) is 20.5. The molecule has 1 heterocycles. The van der Waals surface area contributed by atoms with Gasteiger partial charge in [0.1, 0.15) is 0 Å². The number of ether oxygens (including phenoxy) is 1. The van der Waals surface area contributed by atoms with Gasteiger partial charge in [0.25, 0.3) is 0 Å². The molecule has 1 aromatic rings. The van der Waals surface area contributed by atoms with Crippen molar-refractivity contribution in [2.75, 3.05) is 60.0 Å². The summed E-state index contributed by atoms with van der Waals surface area (Å²) < 4.78 is 5.38. The van der Waals surface area contributed by atoms with Crippen LogP contribution in [-0.2, 0) is 22.5 Å². The van der Waals surface area contributed by atoms with E-state index in [0.29, 0.717) is 12.5 Å². The van der Waals surface area contributed by atoms with Crippen LogP contribution in [0.25, 0.3) is 0 Å². The Hall–Kier alpha value is -2.12. The summed E-state index contributed by atoms with van der Waals surface area (Å²) in [7, 11) is 3.51. The molecule has 0 bridgehead atoms. The predicted molar refractivity (Wildman–Crippen MR) is 109 cm³/mol. The van der Waals surface area contributed by atoms with Gasteiger partial charge in [-0.25, -0.2) is 4.99 Å². The molecule has 0 unspecified atom stereocenters. The Morgan fingerprint density at radius 1 is 1.19 bits per heavy atom. The molecule has 0 spiro atoms. The van der Waals surface area contributed by atoms with E-state index in [9.17, 15) is 4.79 Å². The Morgan fingerprint density at radius 3 is 2.56 bits per heavy atom. The zero-order valence-corrected chi connectivity index (χ0v) is 16.8. The standard InChI is InChI=1S/C20H33N5O2/c1-4-17-7-5-6-8-18(17)15-22-20(23-16-19(26)24(2)3)21-9-10-25-11-13-27-14-12-25/h5-8H,4,9-16H2,1-3H3,(H2,21,22,23). The highest BCUT2D eigenvalue weighted by Crippen LogP contribution is 2.10. The van der Waals surface area contributed by atoms with Crippen molar-refractivity contribution in [1.29, 1.82) is 0 Å². The fraction of sp³-hybridized carbons (Fsp3) is 0.600. The monoisotopic (exact) mass is 375 g/mol. The third-order valence-corrected chi connectivity index (χ3v) is 4.64. The van der Waals surface area contributed by atoms with Crippen LogP contribution in [0.2, 0.25) is 0 Å². The highest BCUT2D eigenvalue weighted by Gasteiger charge is 2.11. The maximum atomic E-state index is 11.9. The number of aryl methyl sites for hydroxylation is 1. The van der Waals surface area contributed by atoms with Crippen molar-refractivity contribution in [2.24, 2.45) is 4.99 Å². The van der Waals surface area contributed by atoms with E-state index >= 15 is 0 Å². The summed E-state index contributed by atoms with van der Waals surface area (Å²) >= 11 is 0. The maximum Gasteiger partial charge on any atom is 0.241 e. The van der Waals surface area contributed by atoms with Crippen molar-refractivity contribution in [3.05, 3.63) is 35.4 Å². The zero-order chi connectivity index (χ0) is 19.5.